The molecule has 0 saturated carbocycles. The zero-order valence-electron chi connectivity index (χ0n) is 6.11. The van der Waals surface area contributed by atoms with Crippen molar-refractivity contribution in [3.63, 3.8) is 0 Å². The van der Waals surface area contributed by atoms with E-state index in [1.165, 1.54) is 18.8 Å². The third-order valence-electron chi connectivity index (χ3n) is 1.07. The van der Waals surface area contributed by atoms with E-state index in [1.807, 2.05) is 0 Å². The molecular formula is C8H8O3. The second kappa shape index (κ2) is 3.61. The van der Waals surface area contributed by atoms with E-state index in [9.17, 15) is 4.79 Å². The number of allylic oxidation sites excluding steroid dienone is 1. The summed E-state index contributed by atoms with van der Waals surface area (Å²) in [4.78, 5) is 10.9. The molecule has 3 nitrogen and oxygen atoms in total. The van der Waals surface area contributed by atoms with Crippen molar-refractivity contribution in [2.75, 3.05) is 0 Å². The van der Waals surface area contributed by atoms with Gasteiger partial charge in [0, 0.05) is 0 Å². The third kappa shape index (κ3) is 1.97. The Balaban J connectivity index is 2.56. The fourth-order valence-corrected chi connectivity index (χ4v) is 0.578. The molecule has 0 atom stereocenters. The van der Waals surface area contributed by atoms with E-state index in [2.05, 4.69) is 4.74 Å². The zero-order valence-corrected chi connectivity index (χ0v) is 6.11. The van der Waals surface area contributed by atoms with Gasteiger partial charge in [0.1, 0.15) is 6.26 Å². The minimum atomic E-state index is -0.406. The van der Waals surface area contributed by atoms with Crippen LogP contribution in [0.25, 0.3) is 0 Å². The van der Waals surface area contributed by atoms with Gasteiger partial charge in [-0.3, -0.25) is 0 Å². The van der Waals surface area contributed by atoms with Crippen LogP contribution >= 0.6 is 0 Å². The predicted octanol–water partition coefficient (Wildman–Crippen LogP) is 1.97. The quantitative estimate of drug-likeness (QED) is 0.480. The zero-order chi connectivity index (χ0) is 8.10. The Morgan fingerprint density at radius 3 is 3.09 bits per heavy atom. The Hall–Kier alpha value is -1.51. The number of ether oxygens (including phenoxy) is 1. The van der Waals surface area contributed by atoms with Crippen LogP contribution in [0.15, 0.2) is 35.3 Å². The second-order valence-corrected chi connectivity index (χ2v) is 1.89. The van der Waals surface area contributed by atoms with Gasteiger partial charge in [0.25, 0.3) is 0 Å². The highest BCUT2D eigenvalue weighted by atomic mass is 16.5. The molecule has 3 heteroatoms. The molecular weight excluding hydrogens is 144 g/mol. The van der Waals surface area contributed by atoms with Gasteiger partial charge in [-0.15, -0.1) is 0 Å². The van der Waals surface area contributed by atoms with Crippen LogP contribution in [0.4, 0.5) is 0 Å². The molecule has 0 aromatic carbocycles. The molecule has 0 amide bonds. The van der Waals surface area contributed by atoms with Crippen LogP contribution < -0.4 is 0 Å². The molecule has 11 heavy (non-hydrogen) atoms. The van der Waals surface area contributed by atoms with Gasteiger partial charge in [0.15, 0.2) is 0 Å². The first kappa shape index (κ1) is 7.60. The third-order valence-corrected chi connectivity index (χ3v) is 1.07. The van der Waals surface area contributed by atoms with E-state index >= 15 is 0 Å². The highest BCUT2D eigenvalue weighted by Crippen LogP contribution is 2.01. The second-order valence-electron chi connectivity index (χ2n) is 1.89. The van der Waals surface area contributed by atoms with E-state index < -0.39 is 5.97 Å². The molecule has 0 fully saturated rings. The molecule has 0 radical (unpaired) electrons. The SMILES string of the molecule is C/C=C/OC(=O)c1ccoc1. The molecule has 0 aliphatic carbocycles. The number of furan rings is 1. The molecule has 0 N–H and O–H groups in total. The molecule has 58 valence electrons. The van der Waals surface area contributed by atoms with E-state index in [0.717, 1.165) is 0 Å². The fourth-order valence-electron chi connectivity index (χ4n) is 0.578. The summed E-state index contributed by atoms with van der Waals surface area (Å²) < 4.78 is 9.35. The summed E-state index contributed by atoms with van der Waals surface area (Å²) in [6.07, 6.45) is 5.73. The van der Waals surface area contributed by atoms with Crippen molar-refractivity contribution in [1.29, 1.82) is 0 Å². The summed E-state index contributed by atoms with van der Waals surface area (Å²) in [5.41, 5.74) is 0.420. The van der Waals surface area contributed by atoms with Crippen LogP contribution in [0.3, 0.4) is 0 Å². The summed E-state index contributed by atoms with van der Waals surface area (Å²) in [6, 6.07) is 1.55. The molecule has 0 unspecified atom stereocenters. The van der Waals surface area contributed by atoms with Gasteiger partial charge in [-0.1, -0.05) is 6.08 Å². The van der Waals surface area contributed by atoms with Crippen LogP contribution in [0.1, 0.15) is 17.3 Å². The molecule has 1 aromatic rings. The number of carbonyl (C=O) groups excluding carboxylic acids is 1. The average molecular weight is 152 g/mol. The maximum Gasteiger partial charge on any atom is 0.346 e. The molecule has 1 heterocycles. The largest absolute Gasteiger partial charge is 0.472 e. The maximum absolute atomic E-state index is 10.9. The highest BCUT2D eigenvalue weighted by molar-refractivity contribution is 5.89. The first-order valence-electron chi connectivity index (χ1n) is 3.19. The van der Waals surface area contributed by atoms with Gasteiger partial charge in [-0.05, 0) is 13.0 Å². The number of esters is 1. The summed E-state index contributed by atoms with van der Waals surface area (Å²) >= 11 is 0. The summed E-state index contributed by atoms with van der Waals surface area (Å²) in [5.74, 6) is -0.406. The topological polar surface area (TPSA) is 39.4 Å². The molecule has 0 bridgehead atoms. The molecule has 0 spiro atoms. The average Bonchev–Trinajstić information content (AvgIpc) is 2.52. The number of hydrogen-bond acceptors (Lipinski definition) is 3. The van der Waals surface area contributed by atoms with Crippen molar-refractivity contribution in [2.24, 2.45) is 0 Å². The van der Waals surface area contributed by atoms with Gasteiger partial charge < -0.3 is 9.15 Å². The Morgan fingerprint density at radius 1 is 1.73 bits per heavy atom. The summed E-state index contributed by atoms with van der Waals surface area (Å²) in [5, 5.41) is 0. The van der Waals surface area contributed by atoms with Gasteiger partial charge in [-0.2, -0.15) is 0 Å². The first-order chi connectivity index (χ1) is 5.34. The van der Waals surface area contributed by atoms with E-state index in [4.69, 9.17) is 4.42 Å². The predicted molar refractivity (Wildman–Crippen MR) is 38.9 cm³/mol. The molecule has 0 aliphatic rings. The molecule has 1 aromatic heterocycles. The van der Waals surface area contributed by atoms with Gasteiger partial charge in [0.05, 0.1) is 18.1 Å². The first-order valence-corrected chi connectivity index (χ1v) is 3.19. The Labute approximate surface area is 64.3 Å². The lowest BCUT2D eigenvalue weighted by molar-refractivity contribution is 0.0662. The lowest BCUT2D eigenvalue weighted by Crippen LogP contribution is -1.97. The minimum absolute atomic E-state index is 0.406. The molecule has 0 saturated heterocycles. The van der Waals surface area contributed by atoms with Crippen molar-refractivity contribution in [3.05, 3.63) is 36.5 Å². The van der Waals surface area contributed by atoms with Gasteiger partial charge in [0.2, 0.25) is 0 Å². The molecule has 0 aliphatic heterocycles. The smallest absolute Gasteiger partial charge is 0.346 e. The fraction of sp³-hybridized carbons (Fsp3) is 0.125. The lowest BCUT2D eigenvalue weighted by atomic mass is 10.3. The van der Waals surface area contributed by atoms with Crippen LogP contribution in [0, 0.1) is 0 Å². The van der Waals surface area contributed by atoms with Crippen molar-refractivity contribution in [1.82, 2.24) is 0 Å². The monoisotopic (exact) mass is 152 g/mol. The lowest BCUT2D eigenvalue weighted by Gasteiger charge is -1.92. The maximum atomic E-state index is 10.9. The van der Waals surface area contributed by atoms with E-state index in [-0.39, 0.29) is 0 Å². The standard InChI is InChI=1S/C8H8O3/c1-2-4-11-8(9)7-3-5-10-6-7/h2-6H,1H3/b4-2+. The van der Waals surface area contributed by atoms with Crippen molar-refractivity contribution in [3.8, 4) is 0 Å². The van der Waals surface area contributed by atoms with E-state index in [1.54, 1.807) is 19.1 Å². The minimum Gasteiger partial charge on any atom is -0.472 e. The van der Waals surface area contributed by atoms with Crippen LogP contribution in [-0.2, 0) is 4.74 Å². The Bertz CT molecular complexity index is 246. The highest BCUT2D eigenvalue weighted by Gasteiger charge is 2.05. The van der Waals surface area contributed by atoms with Crippen LogP contribution in [0.5, 0.6) is 0 Å². The Morgan fingerprint density at radius 2 is 2.55 bits per heavy atom. The summed E-state index contributed by atoms with van der Waals surface area (Å²) in [6.45, 7) is 1.77. The number of hydrogen-bond donors (Lipinski definition) is 0. The van der Waals surface area contributed by atoms with Gasteiger partial charge >= 0.3 is 5.97 Å². The molecule has 1 rings (SSSR count). The van der Waals surface area contributed by atoms with Crippen LogP contribution in [-0.4, -0.2) is 5.97 Å². The summed E-state index contributed by atoms with van der Waals surface area (Å²) in [7, 11) is 0. The number of carbonyl (C=O) groups is 1. The van der Waals surface area contributed by atoms with Crippen molar-refractivity contribution >= 4 is 5.97 Å². The van der Waals surface area contributed by atoms with Crippen LogP contribution in [0.2, 0.25) is 0 Å². The van der Waals surface area contributed by atoms with E-state index in [0.29, 0.717) is 5.56 Å². The Kier molecular flexibility index (Phi) is 2.49. The van der Waals surface area contributed by atoms with Crippen molar-refractivity contribution < 1.29 is 13.9 Å². The number of rotatable bonds is 2. The normalized spacial score (nSPS) is 10.3. The van der Waals surface area contributed by atoms with Crippen molar-refractivity contribution in [2.45, 2.75) is 6.92 Å². The van der Waals surface area contributed by atoms with Gasteiger partial charge in [-0.25, -0.2) is 4.79 Å².